The molecule has 0 radical (unpaired) electrons. The van der Waals surface area contributed by atoms with Gasteiger partial charge in [0.2, 0.25) is 0 Å². The van der Waals surface area contributed by atoms with E-state index in [2.05, 4.69) is 0 Å². The Morgan fingerprint density at radius 1 is 0.909 bits per heavy atom. The lowest BCUT2D eigenvalue weighted by Crippen LogP contribution is -2.58. The van der Waals surface area contributed by atoms with Crippen LogP contribution < -0.4 is 5.73 Å². The molecule has 0 aliphatic heterocycles. The van der Waals surface area contributed by atoms with Gasteiger partial charge in [-0.05, 0) is 6.42 Å². The van der Waals surface area contributed by atoms with Crippen LogP contribution in [-0.2, 0) is 0 Å². The van der Waals surface area contributed by atoms with Crippen molar-refractivity contribution in [2.45, 2.75) is 36.9 Å². The van der Waals surface area contributed by atoms with Gasteiger partial charge in [0.15, 0.2) is 0 Å². The minimum Gasteiger partial charge on any atom is -0.390 e. The quantitative estimate of drug-likeness (QED) is 0.264. The Morgan fingerprint density at radius 2 is 1.45 bits per heavy atom. The van der Waals surface area contributed by atoms with E-state index in [-0.39, 0.29) is 6.42 Å². The molecule has 1 aliphatic carbocycles. The first kappa shape index (κ1) is 8.89. The smallest absolute Gasteiger partial charge is 0.110 e. The molecule has 0 heterocycles. The van der Waals surface area contributed by atoms with E-state index in [4.69, 9.17) is 26.2 Å². The zero-order valence-corrected chi connectivity index (χ0v) is 5.96. The molecule has 0 aromatic heterocycles. The zero-order chi connectivity index (χ0) is 8.59. The third-order valence-electron chi connectivity index (χ3n) is 2.05. The molecule has 5 heteroatoms. The molecule has 1 fully saturated rings. The third-order valence-corrected chi connectivity index (χ3v) is 2.05. The van der Waals surface area contributed by atoms with Gasteiger partial charge in [0.1, 0.15) is 12.2 Å². The van der Waals surface area contributed by atoms with Crippen LogP contribution in [0.2, 0.25) is 0 Å². The molecule has 0 spiro atoms. The van der Waals surface area contributed by atoms with E-state index in [0.29, 0.717) is 0 Å². The standard InChI is InChI=1S/C6H13NO4/c7-2-1-3(8)5(10)6(11)4(2)9/h2-6,8-11H,1,7H2/t2-,3+,4-,5-,6-/m0/s1. The normalized spacial score (nSPS) is 52.6. The molecule has 5 nitrogen and oxygen atoms in total. The van der Waals surface area contributed by atoms with E-state index in [1.165, 1.54) is 0 Å². The highest BCUT2D eigenvalue weighted by atomic mass is 16.4. The Labute approximate surface area is 64.1 Å². The molecule has 11 heavy (non-hydrogen) atoms. The second-order valence-corrected chi connectivity index (χ2v) is 2.94. The summed E-state index contributed by atoms with van der Waals surface area (Å²) in [4.78, 5) is 0. The molecular weight excluding hydrogens is 150 g/mol. The van der Waals surface area contributed by atoms with Crippen LogP contribution in [0.1, 0.15) is 6.42 Å². The number of aliphatic hydroxyl groups is 4. The molecule has 0 saturated heterocycles. The summed E-state index contributed by atoms with van der Waals surface area (Å²) in [5.74, 6) is 0. The zero-order valence-electron chi connectivity index (χ0n) is 5.96. The van der Waals surface area contributed by atoms with Crippen LogP contribution in [0.25, 0.3) is 0 Å². The lowest BCUT2D eigenvalue weighted by molar-refractivity contribution is -0.141. The van der Waals surface area contributed by atoms with Crippen LogP contribution in [0, 0.1) is 0 Å². The van der Waals surface area contributed by atoms with E-state index in [0.717, 1.165) is 0 Å². The van der Waals surface area contributed by atoms with Gasteiger partial charge in [-0.2, -0.15) is 0 Å². The molecule has 0 aromatic carbocycles. The van der Waals surface area contributed by atoms with E-state index in [9.17, 15) is 0 Å². The Morgan fingerprint density at radius 3 is 2.00 bits per heavy atom. The van der Waals surface area contributed by atoms with Crippen molar-refractivity contribution >= 4 is 0 Å². The molecule has 0 aromatic rings. The molecular formula is C6H13NO4. The monoisotopic (exact) mass is 163 g/mol. The maximum absolute atomic E-state index is 9.09. The van der Waals surface area contributed by atoms with Gasteiger partial charge in [0, 0.05) is 6.04 Å². The minimum absolute atomic E-state index is 0.111. The maximum Gasteiger partial charge on any atom is 0.110 e. The van der Waals surface area contributed by atoms with Crippen molar-refractivity contribution in [3.05, 3.63) is 0 Å². The molecule has 0 amide bonds. The van der Waals surface area contributed by atoms with Crippen molar-refractivity contribution in [2.24, 2.45) is 5.73 Å². The van der Waals surface area contributed by atoms with Gasteiger partial charge >= 0.3 is 0 Å². The Balaban J connectivity index is 2.63. The lowest BCUT2D eigenvalue weighted by Gasteiger charge is -2.36. The van der Waals surface area contributed by atoms with Crippen molar-refractivity contribution in [2.75, 3.05) is 0 Å². The minimum atomic E-state index is -1.34. The molecule has 5 atom stereocenters. The number of aliphatic hydroxyl groups excluding tert-OH is 4. The molecule has 66 valence electrons. The number of hydrogen-bond acceptors (Lipinski definition) is 5. The van der Waals surface area contributed by atoms with E-state index < -0.39 is 30.5 Å². The molecule has 1 saturated carbocycles. The summed E-state index contributed by atoms with van der Waals surface area (Å²) in [6.07, 6.45) is -4.70. The Bertz CT molecular complexity index is 129. The highest BCUT2D eigenvalue weighted by molar-refractivity contribution is 4.94. The van der Waals surface area contributed by atoms with Crippen molar-refractivity contribution in [1.82, 2.24) is 0 Å². The first-order chi connectivity index (χ1) is 5.04. The van der Waals surface area contributed by atoms with Crippen LogP contribution in [0.5, 0.6) is 0 Å². The predicted molar refractivity (Wildman–Crippen MR) is 36.6 cm³/mol. The van der Waals surface area contributed by atoms with Gasteiger partial charge in [0.05, 0.1) is 12.2 Å². The van der Waals surface area contributed by atoms with Gasteiger partial charge in [-0.25, -0.2) is 0 Å². The average Bonchev–Trinajstić information content (AvgIpc) is 1.97. The summed E-state index contributed by atoms with van der Waals surface area (Å²) >= 11 is 0. The molecule has 1 rings (SSSR count). The predicted octanol–water partition coefficient (Wildman–Crippen LogP) is -2.84. The summed E-state index contributed by atoms with van der Waals surface area (Å²) in [6.45, 7) is 0. The van der Waals surface area contributed by atoms with E-state index >= 15 is 0 Å². The molecule has 0 bridgehead atoms. The number of nitrogens with two attached hydrogens (primary N) is 1. The molecule has 1 aliphatic rings. The van der Waals surface area contributed by atoms with Gasteiger partial charge in [-0.3, -0.25) is 0 Å². The van der Waals surface area contributed by atoms with Gasteiger partial charge < -0.3 is 26.2 Å². The van der Waals surface area contributed by atoms with Gasteiger partial charge in [-0.1, -0.05) is 0 Å². The van der Waals surface area contributed by atoms with Crippen molar-refractivity contribution in [3.8, 4) is 0 Å². The highest BCUT2D eigenvalue weighted by Gasteiger charge is 2.40. The number of rotatable bonds is 0. The third kappa shape index (κ3) is 1.52. The van der Waals surface area contributed by atoms with Crippen molar-refractivity contribution in [3.63, 3.8) is 0 Å². The van der Waals surface area contributed by atoms with Gasteiger partial charge in [-0.15, -0.1) is 0 Å². The largest absolute Gasteiger partial charge is 0.390 e. The molecule has 6 N–H and O–H groups in total. The lowest BCUT2D eigenvalue weighted by atomic mass is 9.86. The second-order valence-electron chi connectivity index (χ2n) is 2.94. The van der Waals surface area contributed by atoms with E-state index in [1.54, 1.807) is 0 Å². The van der Waals surface area contributed by atoms with Crippen LogP contribution in [0.4, 0.5) is 0 Å². The summed E-state index contributed by atoms with van der Waals surface area (Å²) in [5.41, 5.74) is 5.34. The van der Waals surface area contributed by atoms with Crippen molar-refractivity contribution < 1.29 is 20.4 Å². The Hall–Kier alpha value is -0.200. The second kappa shape index (κ2) is 3.04. The van der Waals surface area contributed by atoms with E-state index in [1.807, 2.05) is 0 Å². The first-order valence-electron chi connectivity index (χ1n) is 3.52. The summed E-state index contributed by atoms with van der Waals surface area (Å²) in [6, 6.07) is -0.664. The first-order valence-corrected chi connectivity index (χ1v) is 3.52. The van der Waals surface area contributed by atoms with Crippen molar-refractivity contribution in [1.29, 1.82) is 0 Å². The summed E-state index contributed by atoms with van der Waals surface area (Å²) < 4.78 is 0. The van der Waals surface area contributed by atoms with Crippen LogP contribution in [0.3, 0.4) is 0 Å². The average molecular weight is 163 g/mol. The fourth-order valence-electron chi connectivity index (χ4n) is 1.24. The number of hydrogen-bond donors (Lipinski definition) is 5. The van der Waals surface area contributed by atoms with Gasteiger partial charge in [0.25, 0.3) is 0 Å². The maximum atomic E-state index is 9.09. The fourth-order valence-corrected chi connectivity index (χ4v) is 1.24. The Kier molecular flexibility index (Phi) is 2.46. The summed E-state index contributed by atoms with van der Waals surface area (Å²) in [5, 5.41) is 36.2. The highest BCUT2D eigenvalue weighted by Crippen LogP contribution is 2.18. The van der Waals surface area contributed by atoms with Crippen LogP contribution in [0.15, 0.2) is 0 Å². The SMILES string of the molecule is N[C@H]1C[C@@H](O)[C@H](O)[C@@H](O)[C@H]1O. The summed E-state index contributed by atoms with van der Waals surface area (Å²) in [7, 11) is 0. The fraction of sp³-hybridized carbons (Fsp3) is 1.00. The topological polar surface area (TPSA) is 107 Å². The molecule has 0 unspecified atom stereocenters. The van der Waals surface area contributed by atoms with Crippen LogP contribution in [-0.4, -0.2) is 50.9 Å². The van der Waals surface area contributed by atoms with Crippen LogP contribution >= 0.6 is 0 Å².